The average Bonchev–Trinajstić information content (AvgIpc) is 2.73. The number of rotatable bonds is 3. The molecule has 1 aliphatic rings. The Kier molecular flexibility index (Phi) is 5.20. The van der Waals surface area contributed by atoms with Crippen LogP contribution in [0.2, 0.25) is 0 Å². The zero-order valence-electron chi connectivity index (χ0n) is 16.6. The van der Waals surface area contributed by atoms with Crippen LogP contribution >= 0.6 is 0 Å². The molecule has 29 heavy (non-hydrogen) atoms. The van der Waals surface area contributed by atoms with Crippen LogP contribution in [0.5, 0.6) is 5.75 Å². The second-order valence-corrected chi connectivity index (χ2v) is 7.08. The first kappa shape index (κ1) is 19.0. The van der Waals surface area contributed by atoms with Gasteiger partial charge in [0.15, 0.2) is 5.82 Å². The Morgan fingerprint density at radius 1 is 1.10 bits per heavy atom. The molecule has 7 heteroatoms. The first-order valence-corrected chi connectivity index (χ1v) is 9.80. The number of para-hydroxylation sites is 1. The highest BCUT2D eigenvalue weighted by molar-refractivity contribution is 5.92. The van der Waals surface area contributed by atoms with Crippen molar-refractivity contribution in [2.24, 2.45) is 0 Å². The minimum absolute atomic E-state index is 0.151. The van der Waals surface area contributed by atoms with Gasteiger partial charge < -0.3 is 19.6 Å². The molecule has 1 amide bonds. The molecule has 0 unspecified atom stereocenters. The number of anilines is 1. The molecule has 7 nitrogen and oxygen atoms in total. The summed E-state index contributed by atoms with van der Waals surface area (Å²) < 4.78 is 5.11. The molecule has 2 heterocycles. The number of aromatic nitrogens is 2. The van der Waals surface area contributed by atoms with E-state index in [0.29, 0.717) is 44.2 Å². The van der Waals surface area contributed by atoms with Crippen LogP contribution in [0.25, 0.3) is 22.3 Å². The summed E-state index contributed by atoms with van der Waals surface area (Å²) >= 11 is 0. The highest BCUT2D eigenvalue weighted by Gasteiger charge is 2.25. The summed E-state index contributed by atoms with van der Waals surface area (Å²) in [5.41, 5.74) is 2.54. The van der Waals surface area contributed by atoms with Crippen LogP contribution in [-0.4, -0.2) is 58.9 Å². The molecule has 0 saturated carbocycles. The molecule has 0 aliphatic carbocycles. The van der Waals surface area contributed by atoms with Crippen molar-refractivity contribution in [3.05, 3.63) is 48.0 Å². The summed E-state index contributed by atoms with van der Waals surface area (Å²) in [6.07, 6.45) is -0.273. The molecule has 1 aliphatic heterocycles. The molecule has 150 valence electrons. The Hall–Kier alpha value is -3.35. The van der Waals surface area contributed by atoms with E-state index in [4.69, 9.17) is 14.7 Å². The quantitative estimate of drug-likeness (QED) is 0.734. The summed E-state index contributed by atoms with van der Waals surface area (Å²) in [4.78, 5) is 25.4. The maximum atomic E-state index is 12.0. The molecule has 0 bridgehead atoms. The highest BCUT2D eigenvalue weighted by Crippen LogP contribution is 2.32. The molecule has 0 atom stereocenters. The summed E-state index contributed by atoms with van der Waals surface area (Å²) in [6, 6.07) is 13.2. The van der Waals surface area contributed by atoms with Gasteiger partial charge >= 0.3 is 6.09 Å². The van der Waals surface area contributed by atoms with E-state index in [0.717, 1.165) is 22.3 Å². The predicted octanol–water partition coefficient (Wildman–Crippen LogP) is 3.59. The van der Waals surface area contributed by atoms with Crippen molar-refractivity contribution in [2.45, 2.75) is 13.8 Å². The Labute approximate surface area is 169 Å². The summed E-state index contributed by atoms with van der Waals surface area (Å²) in [5, 5.41) is 11.2. The van der Waals surface area contributed by atoms with Gasteiger partial charge in [-0.1, -0.05) is 18.2 Å². The van der Waals surface area contributed by atoms with Crippen LogP contribution in [0.1, 0.15) is 12.5 Å². The van der Waals surface area contributed by atoms with Crippen LogP contribution in [0.4, 0.5) is 10.6 Å². The summed E-state index contributed by atoms with van der Waals surface area (Å²) in [6.45, 7) is 6.66. The number of hydrogen-bond acceptors (Lipinski definition) is 6. The van der Waals surface area contributed by atoms with E-state index in [1.54, 1.807) is 17.0 Å². The molecule has 0 spiro atoms. The van der Waals surface area contributed by atoms with Gasteiger partial charge in [0.05, 0.1) is 17.7 Å². The van der Waals surface area contributed by atoms with Crippen LogP contribution < -0.4 is 4.90 Å². The first-order chi connectivity index (χ1) is 14.1. The fourth-order valence-corrected chi connectivity index (χ4v) is 3.56. The SMILES string of the molecule is CCOC(=O)N1CCN(c2nc(-c3ccccc3O)nc3cc(C)ccc23)CC1. The number of benzene rings is 2. The number of fused-ring (bicyclic) bond motifs is 1. The Balaban J connectivity index is 1.72. The number of phenols is 1. The van der Waals surface area contributed by atoms with Crippen molar-refractivity contribution in [3.8, 4) is 17.1 Å². The van der Waals surface area contributed by atoms with E-state index in [2.05, 4.69) is 4.90 Å². The van der Waals surface area contributed by atoms with Gasteiger partial charge in [0, 0.05) is 31.6 Å². The Morgan fingerprint density at radius 3 is 2.59 bits per heavy atom. The molecule has 1 aromatic heterocycles. The van der Waals surface area contributed by atoms with Crippen LogP contribution in [0.15, 0.2) is 42.5 Å². The van der Waals surface area contributed by atoms with Crippen LogP contribution in [0, 0.1) is 6.92 Å². The van der Waals surface area contributed by atoms with Crippen LogP contribution in [-0.2, 0) is 4.74 Å². The number of aromatic hydroxyl groups is 1. The zero-order chi connectivity index (χ0) is 20.4. The number of carbonyl (C=O) groups is 1. The maximum Gasteiger partial charge on any atom is 0.409 e. The molecular weight excluding hydrogens is 368 g/mol. The number of phenolic OH excluding ortho intramolecular Hbond substituents is 1. The molecular formula is C22H24N4O3. The standard InChI is InChI=1S/C22H24N4O3/c1-3-29-22(28)26-12-10-25(11-13-26)21-16-9-8-15(2)14-18(16)23-20(24-21)17-6-4-5-7-19(17)27/h4-9,14,27H,3,10-13H2,1-2H3. The van der Waals surface area contributed by atoms with Gasteiger partial charge in [-0.3, -0.25) is 0 Å². The van der Waals surface area contributed by atoms with Crippen molar-refractivity contribution in [1.82, 2.24) is 14.9 Å². The lowest BCUT2D eigenvalue weighted by atomic mass is 10.1. The Morgan fingerprint density at radius 2 is 1.86 bits per heavy atom. The fourth-order valence-electron chi connectivity index (χ4n) is 3.56. The second kappa shape index (κ2) is 7.95. The van der Waals surface area contributed by atoms with Crippen molar-refractivity contribution >= 4 is 22.8 Å². The number of amides is 1. The van der Waals surface area contributed by atoms with E-state index in [-0.39, 0.29) is 11.8 Å². The van der Waals surface area contributed by atoms with Gasteiger partial charge in [-0.2, -0.15) is 0 Å². The van der Waals surface area contributed by atoms with Crippen molar-refractivity contribution in [3.63, 3.8) is 0 Å². The molecule has 0 radical (unpaired) electrons. The molecule has 1 N–H and O–H groups in total. The third kappa shape index (κ3) is 3.81. The van der Waals surface area contributed by atoms with Crippen molar-refractivity contribution in [1.29, 1.82) is 0 Å². The van der Waals surface area contributed by atoms with Crippen LogP contribution in [0.3, 0.4) is 0 Å². The fraction of sp³-hybridized carbons (Fsp3) is 0.318. The topological polar surface area (TPSA) is 78.8 Å². The minimum Gasteiger partial charge on any atom is -0.507 e. The average molecular weight is 392 g/mol. The van der Waals surface area contributed by atoms with Gasteiger partial charge in [-0.05, 0) is 43.7 Å². The highest BCUT2D eigenvalue weighted by atomic mass is 16.6. The van der Waals surface area contributed by atoms with Gasteiger partial charge in [0.25, 0.3) is 0 Å². The third-order valence-corrected chi connectivity index (χ3v) is 5.08. The number of ether oxygens (including phenoxy) is 1. The van der Waals surface area contributed by atoms with E-state index >= 15 is 0 Å². The molecule has 4 rings (SSSR count). The summed E-state index contributed by atoms with van der Waals surface area (Å²) in [5.74, 6) is 1.46. The normalized spacial score (nSPS) is 14.3. The number of piperazine rings is 1. The number of hydrogen-bond donors (Lipinski definition) is 1. The van der Waals surface area contributed by atoms with Gasteiger partial charge in [0.1, 0.15) is 11.6 Å². The summed E-state index contributed by atoms with van der Waals surface area (Å²) in [7, 11) is 0. The lowest BCUT2D eigenvalue weighted by Crippen LogP contribution is -2.49. The number of carbonyl (C=O) groups excluding carboxylic acids is 1. The third-order valence-electron chi connectivity index (χ3n) is 5.08. The zero-order valence-corrected chi connectivity index (χ0v) is 16.6. The van der Waals surface area contributed by atoms with Gasteiger partial charge in [0.2, 0.25) is 0 Å². The van der Waals surface area contributed by atoms with Gasteiger partial charge in [-0.15, -0.1) is 0 Å². The number of nitrogens with zero attached hydrogens (tertiary/aromatic N) is 4. The van der Waals surface area contributed by atoms with E-state index < -0.39 is 0 Å². The predicted molar refractivity (Wildman–Crippen MR) is 112 cm³/mol. The smallest absolute Gasteiger partial charge is 0.409 e. The lowest BCUT2D eigenvalue weighted by Gasteiger charge is -2.35. The van der Waals surface area contributed by atoms with Crippen molar-refractivity contribution in [2.75, 3.05) is 37.7 Å². The molecule has 1 saturated heterocycles. The minimum atomic E-state index is -0.273. The maximum absolute atomic E-state index is 12.0. The largest absolute Gasteiger partial charge is 0.507 e. The van der Waals surface area contributed by atoms with E-state index in [9.17, 15) is 9.90 Å². The second-order valence-electron chi connectivity index (χ2n) is 7.08. The monoisotopic (exact) mass is 392 g/mol. The molecule has 1 fully saturated rings. The Bertz CT molecular complexity index is 1050. The van der Waals surface area contributed by atoms with E-state index in [1.165, 1.54) is 0 Å². The lowest BCUT2D eigenvalue weighted by molar-refractivity contribution is 0.105. The number of aryl methyl sites for hydroxylation is 1. The molecule has 2 aromatic carbocycles. The van der Waals surface area contributed by atoms with E-state index in [1.807, 2.05) is 44.2 Å². The first-order valence-electron chi connectivity index (χ1n) is 9.80. The van der Waals surface area contributed by atoms with Crippen molar-refractivity contribution < 1.29 is 14.6 Å². The van der Waals surface area contributed by atoms with Gasteiger partial charge in [-0.25, -0.2) is 14.8 Å². The molecule has 3 aromatic rings.